The van der Waals surface area contributed by atoms with Crippen LogP contribution in [0.3, 0.4) is 0 Å². The molecule has 3 nitrogen and oxygen atoms in total. The predicted molar refractivity (Wildman–Crippen MR) is 72.9 cm³/mol. The summed E-state index contributed by atoms with van der Waals surface area (Å²) in [4.78, 5) is 0. The van der Waals surface area contributed by atoms with E-state index in [4.69, 9.17) is 10.2 Å². The third-order valence-electron chi connectivity index (χ3n) is 3.17. The molecule has 2 atom stereocenters. The maximum atomic E-state index is 6.24. The van der Waals surface area contributed by atoms with Gasteiger partial charge in [-0.25, -0.2) is 0 Å². The Hall–Kier alpha value is -1.58. The summed E-state index contributed by atoms with van der Waals surface area (Å²) in [5, 5.41) is 3.40. The van der Waals surface area contributed by atoms with E-state index in [1.807, 2.05) is 24.3 Å². The second kappa shape index (κ2) is 6.38. The number of rotatable bonds is 6. The van der Waals surface area contributed by atoms with Crippen molar-refractivity contribution in [3.63, 3.8) is 0 Å². The summed E-state index contributed by atoms with van der Waals surface area (Å²) in [6.07, 6.45) is 3.45. The summed E-state index contributed by atoms with van der Waals surface area (Å²) in [6.45, 7) is 3.88. The van der Waals surface area contributed by atoms with Crippen molar-refractivity contribution >= 4 is 0 Å². The van der Waals surface area contributed by atoms with Gasteiger partial charge in [0.15, 0.2) is 0 Å². The molecular formula is C15H20N2O. The van der Waals surface area contributed by atoms with Crippen molar-refractivity contribution in [3.8, 4) is 0 Å². The van der Waals surface area contributed by atoms with Crippen LogP contribution in [0.1, 0.15) is 24.1 Å². The molecule has 0 aliphatic rings. The number of benzene rings is 1. The van der Waals surface area contributed by atoms with E-state index in [9.17, 15) is 0 Å². The van der Waals surface area contributed by atoms with Gasteiger partial charge in [0.05, 0.1) is 12.5 Å². The Bertz CT molecular complexity index is 439. The molecule has 0 aliphatic carbocycles. The second-order valence-electron chi connectivity index (χ2n) is 4.68. The van der Waals surface area contributed by atoms with E-state index in [1.54, 1.807) is 12.5 Å². The fourth-order valence-electron chi connectivity index (χ4n) is 1.97. The predicted octanol–water partition coefficient (Wildman–Crippen LogP) is 2.71. The minimum Gasteiger partial charge on any atom is -0.472 e. The Morgan fingerprint density at radius 3 is 2.67 bits per heavy atom. The maximum absolute atomic E-state index is 6.24. The minimum absolute atomic E-state index is 0.0723. The molecule has 1 aromatic carbocycles. The first-order valence-electron chi connectivity index (χ1n) is 6.29. The molecule has 3 heteroatoms. The quantitative estimate of drug-likeness (QED) is 0.821. The Kier molecular flexibility index (Phi) is 4.56. The lowest BCUT2D eigenvalue weighted by molar-refractivity contribution is 0.433. The molecular weight excluding hydrogens is 224 g/mol. The van der Waals surface area contributed by atoms with Gasteiger partial charge in [0.1, 0.15) is 0 Å². The molecule has 2 rings (SSSR count). The van der Waals surface area contributed by atoms with Crippen molar-refractivity contribution in [1.29, 1.82) is 0 Å². The highest BCUT2D eigenvalue weighted by molar-refractivity contribution is 5.19. The molecule has 0 saturated carbocycles. The van der Waals surface area contributed by atoms with E-state index in [-0.39, 0.29) is 6.04 Å². The highest BCUT2D eigenvalue weighted by Crippen LogP contribution is 2.18. The summed E-state index contributed by atoms with van der Waals surface area (Å²) in [5.41, 5.74) is 8.59. The van der Waals surface area contributed by atoms with Crippen molar-refractivity contribution < 1.29 is 4.42 Å². The SMILES string of the molecule is CC(CNCc1ccoc1)C(N)c1ccccc1. The van der Waals surface area contributed by atoms with E-state index < -0.39 is 0 Å². The molecule has 0 spiro atoms. The smallest absolute Gasteiger partial charge is 0.0947 e. The van der Waals surface area contributed by atoms with Crippen LogP contribution < -0.4 is 11.1 Å². The van der Waals surface area contributed by atoms with Gasteiger partial charge in [0, 0.05) is 18.2 Å². The molecule has 0 aliphatic heterocycles. The lowest BCUT2D eigenvalue weighted by Gasteiger charge is -2.20. The summed E-state index contributed by atoms with van der Waals surface area (Å²) >= 11 is 0. The van der Waals surface area contributed by atoms with Crippen LogP contribution in [0, 0.1) is 5.92 Å². The molecule has 0 bridgehead atoms. The first kappa shape index (κ1) is 12.9. The molecule has 0 amide bonds. The standard InChI is InChI=1S/C15H20N2O/c1-12(9-17-10-13-7-8-18-11-13)15(16)14-5-3-2-4-6-14/h2-8,11-12,15,17H,9-10,16H2,1H3. The molecule has 0 saturated heterocycles. The van der Waals surface area contributed by atoms with E-state index in [0.29, 0.717) is 5.92 Å². The highest BCUT2D eigenvalue weighted by atomic mass is 16.3. The second-order valence-corrected chi connectivity index (χ2v) is 4.68. The van der Waals surface area contributed by atoms with Crippen molar-refractivity contribution in [2.24, 2.45) is 11.7 Å². The molecule has 1 heterocycles. The van der Waals surface area contributed by atoms with Crippen LogP contribution in [-0.4, -0.2) is 6.54 Å². The van der Waals surface area contributed by atoms with Gasteiger partial charge in [0.25, 0.3) is 0 Å². The van der Waals surface area contributed by atoms with Crippen LogP contribution in [0.5, 0.6) is 0 Å². The van der Waals surface area contributed by atoms with E-state index in [2.05, 4.69) is 24.4 Å². The average Bonchev–Trinajstić information content (AvgIpc) is 2.92. The topological polar surface area (TPSA) is 51.2 Å². The van der Waals surface area contributed by atoms with Gasteiger partial charge in [-0.15, -0.1) is 0 Å². The van der Waals surface area contributed by atoms with Crippen molar-refractivity contribution in [1.82, 2.24) is 5.32 Å². The largest absolute Gasteiger partial charge is 0.472 e. The molecule has 2 unspecified atom stereocenters. The fourth-order valence-corrected chi connectivity index (χ4v) is 1.97. The normalized spacial score (nSPS) is 14.3. The highest BCUT2D eigenvalue weighted by Gasteiger charge is 2.13. The number of nitrogens with two attached hydrogens (primary N) is 1. The van der Waals surface area contributed by atoms with Gasteiger partial charge in [-0.3, -0.25) is 0 Å². The van der Waals surface area contributed by atoms with Crippen LogP contribution >= 0.6 is 0 Å². The summed E-state index contributed by atoms with van der Waals surface area (Å²) in [6, 6.07) is 12.3. The summed E-state index contributed by atoms with van der Waals surface area (Å²) in [5.74, 6) is 0.388. The number of furan rings is 1. The third-order valence-corrected chi connectivity index (χ3v) is 3.17. The van der Waals surface area contributed by atoms with Gasteiger partial charge >= 0.3 is 0 Å². The monoisotopic (exact) mass is 244 g/mol. The Balaban J connectivity index is 1.79. The van der Waals surface area contributed by atoms with Crippen LogP contribution in [0.2, 0.25) is 0 Å². The number of hydrogen-bond acceptors (Lipinski definition) is 3. The third kappa shape index (κ3) is 3.45. The molecule has 0 fully saturated rings. The van der Waals surface area contributed by atoms with E-state index >= 15 is 0 Å². The van der Waals surface area contributed by atoms with Crippen molar-refractivity contribution in [3.05, 3.63) is 60.1 Å². The van der Waals surface area contributed by atoms with Gasteiger partial charge in [-0.1, -0.05) is 37.3 Å². The summed E-state index contributed by atoms with van der Waals surface area (Å²) in [7, 11) is 0. The lowest BCUT2D eigenvalue weighted by atomic mass is 9.95. The first-order valence-corrected chi connectivity index (χ1v) is 6.29. The Morgan fingerprint density at radius 2 is 2.00 bits per heavy atom. The Morgan fingerprint density at radius 1 is 1.22 bits per heavy atom. The summed E-state index contributed by atoms with van der Waals surface area (Å²) < 4.78 is 5.02. The van der Waals surface area contributed by atoms with Crippen LogP contribution in [0.4, 0.5) is 0 Å². The van der Waals surface area contributed by atoms with E-state index in [1.165, 1.54) is 5.56 Å². The van der Waals surface area contributed by atoms with Gasteiger partial charge in [0.2, 0.25) is 0 Å². The zero-order chi connectivity index (χ0) is 12.8. The zero-order valence-electron chi connectivity index (χ0n) is 10.7. The van der Waals surface area contributed by atoms with Crippen LogP contribution in [-0.2, 0) is 6.54 Å². The van der Waals surface area contributed by atoms with E-state index in [0.717, 1.165) is 18.7 Å². The Labute approximate surface area is 108 Å². The zero-order valence-corrected chi connectivity index (χ0v) is 10.7. The fraction of sp³-hybridized carbons (Fsp3) is 0.333. The van der Waals surface area contributed by atoms with Gasteiger partial charge in [-0.2, -0.15) is 0 Å². The molecule has 3 N–H and O–H groups in total. The number of nitrogens with one attached hydrogen (secondary N) is 1. The minimum atomic E-state index is 0.0723. The molecule has 96 valence electrons. The molecule has 0 radical (unpaired) electrons. The van der Waals surface area contributed by atoms with Crippen LogP contribution in [0.25, 0.3) is 0 Å². The van der Waals surface area contributed by atoms with Gasteiger partial charge in [-0.05, 0) is 24.1 Å². The molecule has 2 aromatic rings. The average molecular weight is 244 g/mol. The van der Waals surface area contributed by atoms with Gasteiger partial charge < -0.3 is 15.5 Å². The van der Waals surface area contributed by atoms with Crippen molar-refractivity contribution in [2.75, 3.05) is 6.54 Å². The molecule has 1 aromatic heterocycles. The number of hydrogen-bond donors (Lipinski definition) is 2. The lowest BCUT2D eigenvalue weighted by Crippen LogP contribution is -2.29. The van der Waals surface area contributed by atoms with Crippen LogP contribution in [0.15, 0.2) is 53.3 Å². The first-order chi connectivity index (χ1) is 8.77. The maximum Gasteiger partial charge on any atom is 0.0947 e. The van der Waals surface area contributed by atoms with Crippen molar-refractivity contribution in [2.45, 2.75) is 19.5 Å². The molecule has 18 heavy (non-hydrogen) atoms.